The number of carboxylic acid groups (broad SMARTS) is 1. The van der Waals surface area contributed by atoms with E-state index in [-0.39, 0.29) is 0 Å². The van der Waals surface area contributed by atoms with Gasteiger partial charge >= 0.3 is 5.97 Å². The van der Waals surface area contributed by atoms with Gasteiger partial charge in [-0.1, -0.05) is 11.6 Å². The zero-order valence-corrected chi connectivity index (χ0v) is 14.3. The highest BCUT2D eigenvalue weighted by molar-refractivity contribution is 9.10. The lowest BCUT2D eigenvalue weighted by molar-refractivity contribution is -0.144. The van der Waals surface area contributed by atoms with Crippen molar-refractivity contribution in [2.75, 3.05) is 6.54 Å². The van der Waals surface area contributed by atoms with Crippen LogP contribution in [0.1, 0.15) is 21.4 Å². The molecule has 0 radical (unpaired) electrons. The number of fused-ring (bicyclic) bond motifs is 1. The predicted molar refractivity (Wildman–Crippen MR) is 85.8 cm³/mol. The van der Waals surface area contributed by atoms with Crippen molar-refractivity contribution in [2.24, 2.45) is 0 Å². The van der Waals surface area contributed by atoms with E-state index >= 15 is 0 Å². The number of halogens is 2. The van der Waals surface area contributed by atoms with Gasteiger partial charge in [-0.25, -0.2) is 0 Å². The van der Waals surface area contributed by atoms with Gasteiger partial charge in [0.15, 0.2) is 0 Å². The van der Waals surface area contributed by atoms with Crippen LogP contribution in [0.2, 0.25) is 4.34 Å². The van der Waals surface area contributed by atoms with E-state index in [2.05, 4.69) is 15.9 Å². The summed E-state index contributed by atoms with van der Waals surface area (Å²) in [6, 6.07) is 3.35. The van der Waals surface area contributed by atoms with E-state index < -0.39 is 12.0 Å². The van der Waals surface area contributed by atoms with Crippen LogP contribution in [-0.4, -0.2) is 22.5 Å². The second kappa shape index (κ2) is 5.77. The largest absolute Gasteiger partial charge is 0.480 e. The molecule has 0 spiro atoms. The molecule has 0 amide bonds. The highest BCUT2D eigenvalue weighted by atomic mass is 79.9. The number of carbonyl (C=O) groups is 1. The Morgan fingerprint density at radius 3 is 3.05 bits per heavy atom. The number of rotatable bonds is 3. The molecule has 106 valence electrons. The summed E-state index contributed by atoms with van der Waals surface area (Å²) in [7, 11) is 0. The fourth-order valence-corrected chi connectivity index (χ4v) is 5.22. The minimum Gasteiger partial charge on any atom is -0.480 e. The molecule has 1 unspecified atom stereocenters. The third-order valence-corrected chi connectivity index (χ3v) is 6.81. The summed E-state index contributed by atoms with van der Waals surface area (Å²) >= 11 is 12.6. The van der Waals surface area contributed by atoms with E-state index in [1.165, 1.54) is 16.2 Å². The number of carboxylic acids is 1. The zero-order chi connectivity index (χ0) is 14.3. The molecule has 1 aliphatic heterocycles. The Balaban J connectivity index is 1.87. The van der Waals surface area contributed by atoms with Gasteiger partial charge in [-0.15, -0.1) is 22.7 Å². The molecule has 0 fully saturated rings. The van der Waals surface area contributed by atoms with Gasteiger partial charge in [0, 0.05) is 27.3 Å². The van der Waals surface area contributed by atoms with Crippen molar-refractivity contribution in [1.82, 2.24) is 4.90 Å². The van der Waals surface area contributed by atoms with Crippen LogP contribution < -0.4 is 0 Å². The third kappa shape index (κ3) is 2.67. The topological polar surface area (TPSA) is 40.5 Å². The first kappa shape index (κ1) is 14.5. The second-order valence-electron chi connectivity index (χ2n) is 4.59. The summed E-state index contributed by atoms with van der Waals surface area (Å²) in [5, 5.41) is 11.5. The maximum Gasteiger partial charge on any atom is 0.325 e. The number of hydrogen-bond donors (Lipinski definition) is 1. The Bertz CT molecular complexity index is 635. The molecular formula is C13H11BrClNO2S2. The van der Waals surface area contributed by atoms with Crippen LogP contribution in [0.5, 0.6) is 0 Å². The maximum atomic E-state index is 11.6. The highest BCUT2D eigenvalue weighted by Gasteiger charge is 2.33. The number of thiophene rings is 2. The summed E-state index contributed by atoms with van der Waals surface area (Å²) in [6.07, 6.45) is 0.914. The molecule has 1 N–H and O–H groups in total. The molecule has 2 aromatic heterocycles. The Morgan fingerprint density at radius 1 is 1.60 bits per heavy atom. The summed E-state index contributed by atoms with van der Waals surface area (Å²) in [6.45, 7) is 1.37. The molecule has 1 atom stereocenters. The van der Waals surface area contributed by atoms with E-state index in [1.54, 1.807) is 11.3 Å². The normalized spacial score (nSPS) is 19.0. The molecule has 1 aliphatic rings. The Kier molecular flexibility index (Phi) is 4.19. The number of nitrogens with zero attached hydrogens (tertiary/aromatic N) is 1. The van der Waals surface area contributed by atoms with Crippen molar-refractivity contribution in [2.45, 2.75) is 19.0 Å². The van der Waals surface area contributed by atoms with Gasteiger partial charge in [0.05, 0.1) is 0 Å². The molecule has 7 heteroatoms. The lowest BCUT2D eigenvalue weighted by Crippen LogP contribution is -2.38. The number of hydrogen-bond acceptors (Lipinski definition) is 4. The van der Waals surface area contributed by atoms with E-state index in [0.717, 1.165) is 27.9 Å². The van der Waals surface area contributed by atoms with E-state index in [1.807, 2.05) is 22.4 Å². The first-order valence-corrected chi connectivity index (χ1v) is 8.90. The summed E-state index contributed by atoms with van der Waals surface area (Å²) in [5.74, 6) is -0.786. The SMILES string of the molecule is O=C(O)C1c2ccsc2CCN1Cc1cc(Br)c(Cl)s1. The van der Waals surface area contributed by atoms with Crippen molar-refractivity contribution in [3.63, 3.8) is 0 Å². The molecule has 0 bridgehead atoms. The van der Waals surface area contributed by atoms with E-state index in [9.17, 15) is 9.90 Å². The summed E-state index contributed by atoms with van der Waals surface area (Å²) in [5.41, 5.74) is 0.940. The summed E-state index contributed by atoms with van der Waals surface area (Å²) < 4.78 is 1.58. The van der Waals surface area contributed by atoms with Crippen LogP contribution in [-0.2, 0) is 17.8 Å². The fourth-order valence-electron chi connectivity index (χ4n) is 2.50. The summed E-state index contributed by atoms with van der Waals surface area (Å²) in [4.78, 5) is 15.9. The van der Waals surface area contributed by atoms with E-state index in [0.29, 0.717) is 10.9 Å². The average molecular weight is 393 g/mol. The first-order valence-electron chi connectivity index (χ1n) is 6.03. The van der Waals surface area contributed by atoms with Crippen molar-refractivity contribution in [1.29, 1.82) is 0 Å². The monoisotopic (exact) mass is 391 g/mol. The molecule has 2 aromatic rings. The predicted octanol–water partition coefficient (Wildman–Crippen LogP) is 4.41. The molecule has 3 nitrogen and oxygen atoms in total. The Morgan fingerprint density at radius 2 is 2.40 bits per heavy atom. The molecule has 3 heterocycles. The van der Waals surface area contributed by atoms with Crippen molar-refractivity contribution < 1.29 is 9.90 Å². The molecule has 0 saturated heterocycles. The maximum absolute atomic E-state index is 11.6. The van der Waals surface area contributed by atoms with Crippen LogP contribution in [0.4, 0.5) is 0 Å². The van der Waals surface area contributed by atoms with Crippen LogP contribution >= 0.6 is 50.2 Å². The van der Waals surface area contributed by atoms with Crippen molar-refractivity contribution in [3.8, 4) is 0 Å². The smallest absolute Gasteiger partial charge is 0.325 e. The van der Waals surface area contributed by atoms with Gasteiger partial charge < -0.3 is 5.11 Å². The quantitative estimate of drug-likeness (QED) is 0.841. The van der Waals surface area contributed by atoms with Gasteiger partial charge in [0.25, 0.3) is 0 Å². The third-order valence-electron chi connectivity index (χ3n) is 3.35. The average Bonchev–Trinajstić information content (AvgIpc) is 2.96. The van der Waals surface area contributed by atoms with E-state index in [4.69, 9.17) is 11.6 Å². The minimum absolute atomic E-state index is 0.551. The molecule has 20 heavy (non-hydrogen) atoms. The lowest BCUT2D eigenvalue weighted by atomic mass is 10.00. The molecule has 3 rings (SSSR count). The highest BCUT2D eigenvalue weighted by Crippen LogP contribution is 2.37. The lowest BCUT2D eigenvalue weighted by Gasteiger charge is -2.32. The first-order chi connectivity index (χ1) is 9.56. The van der Waals surface area contributed by atoms with Crippen LogP contribution in [0.25, 0.3) is 0 Å². The fraction of sp³-hybridized carbons (Fsp3) is 0.308. The number of aliphatic carboxylic acids is 1. The Hall–Kier alpha value is -0.400. The standard InChI is InChI=1S/C13H11BrClNO2S2/c14-9-5-7(20-12(9)15)6-16-3-1-10-8(2-4-19-10)11(16)13(17)18/h2,4-5,11H,1,3,6H2,(H,17,18). The zero-order valence-electron chi connectivity index (χ0n) is 10.3. The van der Waals surface area contributed by atoms with Gasteiger partial charge in [0.2, 0.25) is 0 Å². The molecular weight excluding hydrogens is 382 g/mol. The van der Waals surface area contributed by atoms with Crippen LogP contribution in [0, 0.1) is 0 Å². The molecule has 0 saturated carbocycles. The van der Waals surface area contributed by atoms with Gasteiger partial charge in [-0.05, 0) is 45.4 Å². The minimum atomic E-state index is -0.786. The molecule has 0 aliphatic carbocycles. The second-order valence-corrected chi connectivity index (χ2v) is 8.19. The van der Waals surface area contributed by atoms with Gasteiger partial charge in [0.1, 0.15) is 10.4 Å². The van der Waals surface area contributed by atoms with Crippen LogP contribution in [0.15, 0.2) is 22.0 Å². The molecule has 0 aromatic carbocycles. The van der Waals surface area contributed by atoms with Crippen molar-refractivity contribution >= 4 is 56.2 Å². The van der Waals surface area contributed by atoms with Gasteiger partial charge in [-0.2, -0.15) is 0 Å². The Labute approximate surface area is 137 Å². The van der Waals surface area contributed by atoms with Crippen LogP contribution in [0.3, 0.4) is 0 Å². The van der Waals surface area contributed by atoms with Gasteiger partial charge in [-0.3, -0.25) is 9.69 Å². The van der Waals surface area contributed by atoms with Crippen molar-refractivity contribution in [3.05, 3.63) is 41.6 Å².